The van der Waals surface area contributed by atoms with E-state index < -0.39 is 0 Å². The zero-order valence-electron chi connectivity index (χ0n) is 12.9. The van der Waals surface area contributed by atoms with E-state index in [1.807, 2.05) is 43.3 Å². The van der Waals surface area contributed by atoms with E-state index in [2.05, 4.69) is 10.6 Å². The molecule has 3 aromatic rings. The average Bonchev–Trinajstić information content (AvgIpc) is 2.53. The van der Waals surface area contributed by atoms with Crippen molar-refractivity contribution >= 4 is 45.6 Å². The lowest BCUT2D eigenvalue weighted by molar-refractivity contribution is 0.560. The monoisotopic (exact) mass is 358 g/mol. The summed E-state index contributed by atoms with van der Waals surface area (Å²) in [5, 5.41) is 8.23. The predicted molar refractivity (Wildman–Crippen MR) is 102 cm³/mol. The fourth-order valence-corrected chi connectivity index (χ4v) is 2.79. The van der Waals surface area contributed by atoms with Crippen molar-refractivity contribution in [1.82, 2.24) is 5.32 Å². The van der Waals surface area contributed by atoms with Gasteiger partial charge in [0.1, 0.15) is 5.58 Å². The number of anilines is 1. The quantitative estimate of drug-likeness (QED) is 0.541. The summed E-state index contributed by atoms with van der Waals surface area (Å²) in [5.41, 5.74) is 2.75. The number of aryl methyl sites for hydroxylation is 1. The van der Waals surface area contributed by atoms with E-state index in [0.717, 1.165) is 22.2 Å². The summed E-state index contributed by atoms with van der Waals surface area (Å²) in [6.45, 7) is 2.40. The third kappa shape index (κ3) is 3.75. The molecule has 1 aromatic heterocycles. The van der Waals surface area contributed by atoms with Gasteiger partial charge >= 0.3 is 5.63 Å². The highest BCUT2D eigenvalue weighted by atomic mass is 35.5. The van der Waals surface area contributed by atoms with Crippen LogP contribution in [-0.4, -0.2) is 5.11 Å². The van der Waals surface area contributed by atoms with Crippen LogP contribution >= 0.6 is 23.8 Å². The van der Waals surface area contributed by atoms with Crippen molar-refractivity contribution < 1.29 is 4.42 Å². The number of halogens is 1. The van der Waals surface area contributed by atoms with Crippen LogP contribution in [0.1, 0.15) is 11.1 Å². The highest BCUT2D eigenvalue weighted by Gasteiger charge is 2.05. The summed E-state index contributed by atoms with van der Waals surface area (Å²) in [6, 6.07) is 14.6. The SMILES string of the molecule is Cc1cc(=O)oc2cc(NC(=S)NCc3ccccc3Cl)ccc12. The lowest BCUT2D eigenvalue weighted by atomic mass is 10.1. The molecule has 6 heteroatoms. The highest BCUT2D eigenvalue weighted by molar-refractivity contribution is 7.80. The molecule has 0 bridgehead atoms. The van der Waals surface area contributed by atoms with Gasteiger partial charge in [0.2, 0.25) is 0 Å². The molecule has 4 nitrogen and oxygen atoms in total. The van der Waals surface area contributed by atoms with Crippen LogP contribution in [0.3, 0.4) is 0 Å². The summed E-state index contributed by atoms with van der Waals surface area (Å²) in [5.74, 6) is 0. The van der Waals surface area contributed by atoms with Gasteiger partial charge in [-0.25, -0.2) is 4.79 Å². The van der Waals surface area contributed by atoms with Crippen LogP contribution < -0.4 is 16.3 Å². The van der Waals surface area contributed by atoms with Crippen molar-refractivity contribution in [2.75, 3.05) is 5.32 Å². The first-order valence-electron chi connectivity index (χ1n) is 7.36. The molecule has 0 aliphatic rings. The number of benzene rings is 2. The molecule has 2 aromatic carbocycles. The summed E-state index contributed by atoms with van der Waals surface area (Å²) in [4.78, 5) is 11.5. The van der Waals surface area contributed by atoms with Gasteiger partial charge in [0.25, 0.3) is 0 Å². The molecule has 0 unspecified atom stereocenters. The van der Waals surface area contributed by atoms with E-state index in [0.29, 0.717) is 22.3 Å². The fourth-order valence-electron chi connectivity index (χ4n) is 2.40. The Hall–Kier alpha value is -2.37. The predicted octanol–water partition coefficient (Wildman–Crippen LogP) is 4.24. The number of hydrogen-bond donors (Lipinski definition) is 2. The molecule has 3 rings (SSSR count). The van der Waals surface area contributed by atoms with Crippen molar-refractivity contribution in [3.63, 3.8) is 0 Å². The Kier molecular flexibility index (Phi) is 4.83. The Bertz CT molecular complexity index is 969. The van der Waals surface area contributed by atoms with E-state index in [-0.39, 0.29) is 5.63 Å². The maximum absolute atomic E-state index is 11.5. The first-order valence-corrected chi connectivity index (χ1v) is 8.14. The van der Waals surface area contributed by atoms with Gasteiger partial charge in [0.05, 0.1) is 0 Å². The summed E-state index contributed by atoms with van der Waals surface area (Å²) < 4.78 is 5.23. The average molecular weight is 359 g/mol. The van der Waals surface area contributed by atoms with Crippen molar-refractivity contribution in [3.05, 3.63) is 75.1 Å². The molecule has 0 saturated carbocycles. The van der Waals surface area contributed by atoms with E-state index in [4.69, 9.17) is 28.2 Å². The molecule has 2 N–H and O–H groups in total. The second kappa shape index (κ2) is 7.03. The molecule has 1 heterocycles. The largest absolute Gasteiger partial charge is 0.423 e. The Morgan fingerprint density at radius 2 is 2.00 bits per heavy atom. The molecule has 0 spiro atoms. The first-order chi connectivity index (χ1) is 11.5. The topological polar surface area (TPSA) is 54.3 Å². The molecule has 0 aliphatic heterocycles. The van der Waals surface area contributed by atoms with E-state index >= 15 is 0 Å². The van der Waals surface area contributed by atoms with Crippen molar-refractivity contribution in [1.29, 1.82) is 0 Å². The minimum Gasteiger partial charge on any atom is -0.423 e. The lowest BCUT2D eigenvalue weighted by Crippen LogP contribution is -2.27. The molecule has 0 aliphatic carbocycles. The minimum atomic E-state index is -0.364. The van der Waals surface area contributed by atoms with Crippen LogP contribution in [0.25, 0.3) is 11.0 Å². The normalized spacial score (nSPS) is 10.6. The summed E-state index contributed by atoms with van der Waals surface area (Å²) >= 11 is 11.4. The Morgan fingerprint density at radius 1 is 1.21 bits per heavy atom. The van der Waals surface area contributed by atoms with Gasteiger partial charge in [-0.2, -0.15) is 0 Å². The van der Waals surface area contributed by atoms with Crippen molar-refractivity contribution in [3.8, 4) is 0 Å². The molecule has 0 radical (unpaired) electrons. The van der Waals surface area contributed by atoms with Crippen molar-refractivity contribution in [2.24, 2.45) is 0 Å². The summed E-state index contributed by atoms with van der Waals surface area (Å²) in [6.07, 6.45) is 0. The van der Waals surface area contributed by atoms with Gasteiger partial charge in [-0.1, -0.05) is 29.8 Å². The zero-order chi connectivity index (χ0) is 17.1. The molecule has 122 valence electrons. The number of thiocarbonyl (C=S) groups is 1. The molecular weight excluding hydrogens is 344 g/mol. The zero-order valence-corrected chi connectivity index (χ0v) is 14.5. The van der Waals surface area contributed by atoms with Gasteiger partial charge in [0.15, 0.2) is 5.11 Å². The Labute approximate surface area is 149 Å². The standard InChI is InChI=1S/C18H15ClN2O2S/c1-11-8-17(22)23-16-9-13(6-7-14(11)16)21-18(24)20-10-12-4-2-3-5-15(12)19/h2-9H,10H2,1H3,(H2,20,21,24). The second-order valence-electron chi connectivity index (χ2n) is 5.36. The smallest absolute Gasteiger partial charge is 0.336 e. The van der Waals surface area contributed by atoms with Gasteiger partial charge in [-0.3, -0.25) is 0 Å². The Morgan fingerprint density at radius 3 is 2.79 bits per heavy atom. The molecule has 0 amide bonds. The third-order valence-electron chi connectivity index (χ3n) is 3.61. The van der Waals surface area contributed by atoms with E-state index in [9.17, 15) is 4.79 Å². The molecule has 0 saturated heterocycles. The van der Waals surface area contributed by atoms with E-state index in [1.165, 1.54) is 6.07 Å². The highest BCUT2D eigenvalue weighted by Crippen LogP contribution is 2.20. The second-order valence-corrected chi connectivity index (χ2v) is 6.17. The number of rotatable bonds is 3. The van der Waals surface area contributed by atoms with Gasteiger partial charge < -0.3 is 15.1 Å². The van der Waals surface area contributed by atoms with Crippen LogP contribution in [-0.2, 0) is 6.54 Å². The molecular formula is C18H15ClN2O2S. The molecule has 24 heavy (non-hydrogen) atoms. The van der Waals surface area contributed by atoms with Crippen LogP contribution in [0.4, 0.5) is 5.69 Å². The molecule has 0 atom stereocenters. The maximum Gasteiger partial charge on any atom is 0.336 e. The van der Waals surface area contributed by atoms with Crippen LogP contribution in [0.5, 0.6) is 0 Å². The third-order valence-corrected chi connectivity index (χ3v) is 4.22. The number of fused-ring (bicyclic) bond motifs is 1. The Balaban J connectivity index is 1.71. The fraction of sp³-hybridized carbons (Fsp3) is 0.111. The minimum absolute atomic E-state index is 0.364. The maximum atomic E-state index is 11.5. The number of nitrogens with one attached hydrogen (secondary N) is 2. The van der Waals surface area contributed by atoms with Crippen LogP contribution in [0.2, 0.25) is 5.02 Å². The van der Waals surface area contributed by atoms with Gasteiger partial charge in [-0.15, -0.1) is 0 Å². The van der Waals surface area contributed by atoms with E-state index in [1.54, 1.807) is 6.07 Å². The van der Waals surface area contributed by atoms with Crippen molar-refractivity contribution in [2.45, 2.75) is 13.5 Å². The van der Waals surface area contributed by atoms with Gasteiger partial charge in [0, 0.05) is 34.8 Å². The first kappa shape index (κ1) is 16.5. The molecule has 0 fully saturated rings. The summed E-state index contributed by atoms with van der Waals surface area (Å²) in [7, 11) is 0. The van der Waals surface area contributed by atoms with Crippen LogP contribution in [0.15, 0.2) is 57.7 Å². The van der Waals surface area contributed by atoms with Crippen LogP contribution in [0, 0.1) is 6.92 Å². The number of hydrogen-bond acceptors (Lipinski definition) is 3. The van der Waals surface area contributed by atoms with Gasteiger partial charge in [-0.05, 0) is 48.5 Å². The lowest BCUT2D eigenvalue weighted by Gasteiger charge is -2.12.